The maximum absolute atomic E-state index is 5.76. The molecule has 1 aliphatic rings. The number of rotatable bonds is 4. The standard InChI is InChI=1S/C13H19NO3/c1-15-11-5-10(6-12(7-11)16-2)13-9(8-14)3-4-17-13/h5-7,9,13H,3-4,8,14H2,1-2H3. The molecule has 0 bridgehead atoms. The monoisotopic (exact) mass is 237 g/mol. The molecule has 4 heteroatoms. The van der Waals surface area contributed by atoms with Crippen LogP contribution in [0.3, 0.4) is 0 Å². The van der Waals surface area contributed by atoms with Crippen molar-refractivity contribution < 1.29 is 14.2 Å². The number of ether oxygens (including phenoxy) is 3. The van der Waals surface area contributed by atoms with Crippen molar-refractivity contribution in [1.29, 1.82) is 0 Å². The fraction of sp³-hybridized carbons (Fsp3) is 0.538. The minimum Gasteiger partial charge on any atom is -0.497 e. The summed E-state index contributed by atoms with van der Waals surface area (Å²) in [4.78, 5) is 0. The van der Waals surface area contributed by atoms with E-state index in [2.05, 4.69) is 0 Å². The molecule has 0 spiro atoms. The van der Waals surface area contributed by atoms with Crippen LogP contribution in [0.4, 0.5) is 0 Å². The molecule has 0 radical (unpaired) electrons. The van der Waals surface area contributed by atoms with Crippen molar-refractivity contribution in [2.45, 2.75) is 12.5 Å². The summed E-state index contributed by atoms with van der Waals surface area (Å²) in [6, 6.07) is 5.83. The summed E-state index contributed by atoms with van der Waals surface area (Å²) in [6.45, 7) is 1.41. The van der Waals surface area contributed by atoms with Crippen LogP contribution in [0.5, 0.6) is 11.5 Å². The van der Waals surface area contributed by atoms with Crippen LogP contribution in [0.1, 0.15) is 18.1 Å². The summed E-state index contributed by atoms with van der Waals surface area (Å²) in [6.07, 6.45) is 1.07. The van der Waals surface area contributed by atoms with Crippen molar-refractivity contribution in [2.24, 2.45) is 11.7 Å². The van der Waals surface area contributed by atoms with Gasteiger partial charge in [-0.05, 0) is 30.7 Å². The highest BCUT2D eigenvalue weighted by Crippen LogP contribution is 2.37. The highest BCUT2D eigenvalue weighted by Gasteiger charge is 2.29. The molecule has 2 unspecified atom stereocenters. The first kappa shape index (κ1) is 12.2. The molecule has 1 fully saturated rings. The maximum atomic E-state index is 5.76. The molecule has 2 rings (SSSR count). The van der Waals surface area contributed by atoms with E-state index in [1.165, 1.54) is 0 Å². The molecule has 1 aliphatic heterocycles. The van der Waals surface area contributed by atoms with E-state index >= 15 is 0 Å². The second-order valence-corrected chi connectivity index (χ2v) is 4.22. The summed E-state index contributed by atoms with van der Waals surface area (Å²) >= 11 is 0. The molecule has 94 valence electrons. The minimum absolute atomic E-state index is 0.0593. The van der Waals surface area contributed by atoms with Gasteiger partial charge in [0.05, 0.1) is 20.3 Å². The molecule has 1 aromatic rings. The molecule has 1 aromatic carbocycles. The van der Waals surface area contributed by atoms with Crippen molar-refractivity contribution in [3.05, 3.63) is 23.8 Å². The molecule has 2 N–H and O–H groups in total. The van der Waals surface area contributed by atoms with Crippen molar-refractivity contribution >= 4 is 0 Å². The van der Waals surface area contributed by atoms with Crippen LogP contribution in [0.15, 0.2) is 18.2 Å². The maximum Gasteiger partial charge on any atom is 0.122 e. The third kappa shape index (κ3) is 2.53. The number of benzene rings is 1. The Morgan fingerprint density at radius 3 is 2.41 bits per heavy atom. The lowest BCUT2D eigenvalue weighted by molar-refractivity contribution is 0.0921. The molecular formula is C13H19NO3. The van der Waals surface area contributed by atoms with Crippen LogP contribution in [0.2, 0.25) is 0 Å². The van der Waals surface area contributed by atoms with Crippen LogP contribution in [0, 0.1) is 5.92 Å². The van der Waals surface area contributed by atoms with Gasteiger partial charge in [-0.2, -0.15) is 0 Å². The molecule has 1 heterocycles. The Bertz CT molecular complexity index is 359. The Hall–Kier alpha value is -1.26. The van der Waals surface area contributed by atoms with Gasteiger partial charge in [0.25, 0.3) is 0 Å². The number of nitrogens with two attached hydrogens (primary N) is 1. The first-order valence-corrected chi connectivity index (χ1v) is 5.83. The van der Waals surface area contributed by atoms with Crippen molar-refractivity contribution in [1.82, 2.24) is 0 Å². The largest absolute Gasteiger partial charge is 0.497 e. The summed E-state index contributed by atoms with van der Waals surface area (Å²) in [7, 11) is 3.29. The zero-order valence-corrected chi connectivity index (χ0v) is 10.3. The van der Waals surface area contributed by atoms with Crippen LogP contribution >= 0.6 is 0 Å². The summed E-state index contributed by atoms with van der Waals surface area (Å²) in [5.74, 6) is 1.95. The Kier molecular flexibility index (Phi) is 3.86. The van der Waals surface area contributed by atoms with E-state index in [0.29, 0.717) is 12.5 Å². The summed E-state index contributed by atoms with van der Waals surface area (Å²) in [5.41, 5.74) is 6.84. The van der Waals surface area contributed by atoms with E-state index in [0.717, 1.165) is 30.1 Å². The average molecular weight is 237 g/mol. The molecule has 0 saturated carbocycles. The molecule has 17 heavy (non-hydrogen) atoms. The van der Waals surface area contributed by atoms with Crippen molar-refractivity contribution in [2.75, 3.05) is 27.4 Å². The smallest absolute Gasteiger partial charge is 0.122 e. The minimum atomic E-state index is 0.0593. The number of hydrogen-bond donors (Lipinski definition) is 1. The first-order chi connectivity index (χ1) is 8.28. The first-order valence-electron chi connectivity index (χ1n) is 5.83. The van der Waals surface area contributed by atoms with Gasteiger partial charge < -0.3 is 19.9 Å². The Labute approximate surface area is 102 Å². The van der Waals surface area contributed by atoms with Gasteiger partial charge in [-0.1, -0.05) is 0 Å². The van der Waals surface area contributed by atoms with E-state index in [1.807, 2.05) is 18.2 Å². The van der Waals surface area contributed by atoms with Crippen LogP contribution in [-0.2, 0) is 4.74 Å². The van der Waals surface area contributed by atoms with E-state index in [4.69, 9.17) is 19.9 Å². The number of hydrogen-bond acceptors (Lipinski definition) is 4. The van der Waals surface area contributed by atoms with Gasteiger partial charge in [0.2, 0.25) is 0 Å². The molecule has 1 saturated heterocycles. The second-order valence-electron chi connectivity index (χ2n) is 4.22. The van der Waals surface area contributed by atoms with Gasteiger partial charge in [-0.15, -0.1) is 0 Å². The van der Waals surface area contributed by atoms with Gasteiger partial charge in [-0.3, -0.25) is 0 Å². The van der Waals surface area contributed by atoms with E-state index in [9.17, 15) is 0 Å². The van der Waals surface area contributed by atoms with Gasteiger partial charge in [-0.25, -0.2) is 0 Å². The SMILES string of the molecule is COc1cc(OC)cc(C2OCCC2CN)c1. The lowest BCUT2D eigenvalue weighted by Crippen LogP contribution is -2.17. The predicted molar refractivity (Wildman–Crippen MR) is 65.4 cm³/mol. The Morgan fingerprint density at radius 1 is 1.24 bits per heavy atom. The van der Waals surface area contributed by atoms with E-state index < -0.39 is 0 Å². The molecule has 2 atom stereocenters. The predicted octanol–water partition coefficient (Wildman–Crippen LogP) is 1.74. The number of methoxy groups -OCH3 is 2. The molecule has 0 aliphatic carbocycles. The van der Waals surface area contributed by atoms with Crippen LogP contribution in [0.25, 0.3) is 0 Å². The molecule has 4 nitrogen and oxygen atoms in total. The summed E-state index contributed by atoms with van der Waals surface area (Å²) < 4.78 is 16.3. The third-order valence-corrected chi connectivity index (χ3v) is 3.22. The highest BCUT2D eigenvalue weighted by molar-refractivity contribution is 5.39. The zero-order valence-electron chi connectivity index (χ0n) is 10.3. The lowest BCUT2D eigenvalue weighted by atomic mass is 9.95. The Morgan fingerprint density at radius 2 is 1.88 bits per heavy atom. The van der Waals surface area contributed by atoms with Gasteiger partial charge in [0.1, 0.15) is 11.5 Å². The quantitative estimate of drug-likeness (QED) is 0.866. The van der Waals surface area contributed by atoms with Crippen molar-refractivity contribution in [3.8, 4) is 11.5 Å². The van der Waals surface area contributed by atoms with Gasteiger partial charge >= 0.3 is 0 Å². The topological polar surface area (TPSA) is 53.7 Å². The molecule has 0 aromatic heterocycles. The van der Waals surface area contributed by atoms with Crippen molar-refractivity contribution in [3.63, 3.8) is 0 Å². The zero-order chi connectivity index (χ0) is 12.3. The van der Waals surface area contributed by atoms with Crippen LogP contribution in [-0.4, -0.2) is 27.4 Å². The highest BCUT2D eigenvalue weighted by atomic mass is 16.5. The third-order valence-electron chi connectivity index (χ3n) is 3.22. The molecule has 0 amide bonds. The fourth-order valence-electron chi connectivity index (χ4n) is 2.24. The fourth-order valence-corrected chi connectivity index (χ4v) is 2.24. The van der Waals surface area contributed by atoms with E-state index in [1.54, 1.807) is 14.2 Å². The summed E-state index contributed by atoms with van der Waals surface area (Å²) in [5, 5.41) is 0. The lowest BCUT2D eigenvalue weighted by Gasteiger charge is -2.18. The molecular weight excluding hydrogens is 218 g/mol. The van der Waals surface area contributed by atoms with Crippen LogP contribution < -0.4 is 15.2 Å². The average Bonchev–Trinajstić information content (AvgIpc) is 2.86. The normalized spacial score (nSPS) is 23.7. The van der Waals surface area contributed by atoms with Gasteiger partial charge in [0.15, 0.2) is 0 Å². The van der Waals surface area contributed by atoms with E-state index in [-0.39, 0.29) is 6.10 Å². The second kappa shape index (κ2) is 5.38. The van der Waals surface area contributed by atoms with Gasteiger partial charge in [0, 0.05) is 18.6 Å². The Balaban J connectivity index is 2.30.